The smallest absolute Gasteiger partial charge is 0.122 e. The number of nitrogens with two attached hydrogens (primary N) is 1. The molecule has 1 aromatic carbocycles. The predicted octanol–water partition coefficient (Wildman–Crippen LogP) is 2.94. The molecule has 0 aromatic heterocycles. The summed E-state index contributed by atoms with van der Waals surface area (Å²) in [6, 6.07) is 4.32. The van der Waals surface area contributed by atoms with Gasteiger partial charge in [-0.3, -0.25) is 0 Å². The standard InChI is InChI=1S/C14H23NO/c1-6-16-13-8-10(2)12(7-11(13)3)14(4,5)9-15/h7-8H,6,9,15H2,1-5H3. The van der Waals surface area contributed by atoms with Crippen molar-refractivity contribution >= 4 is 0 Å². The molecule has 0 atom stereocenters. The summed E-state index contributed by atoms with van der Waals surface area (Å²) in [5.41, 5.74) is 9.60. The average molecular weight is 221 g/mol. The zero-order valence-corrected chi connectivity index (χ0v) is 11.1. The summed E-state index contributed by atoms with van der Waals surface area (Å²) in [4.78, 5) is 0. The molecule has 0 heterocycles. The van der Waals surface area contributed by atoms with Crippen LogP contribution in [0.3, 0.4) is 0 Å². The molecule has 0 spiro atoms. The van der Waals surface area contributed by atoms with Crippen LogP contribution in [0.15, 0.2) is 12.1 Å². The van der Waals surface area contributed by atoms with Crippen LogP contribution in [0.2, 0.25) is 0 Å². The van der Waals surface area contributed by atoms with E-state index in [1.807, 2.05) is 6.92 Å². The second-order valence-corrected chi connectivity index (χ2v) is 4.95. The third-order valence-corrected chi connectivity index (χ3v) is 3.06. The van der Waals surface area contributed by atoms with E-state index in [4.69, 9.17) is 10.5 Å². The second-order valence-electron chi connectivity index (χ2n) is 4.95. The van der Waals surface area contributed by atoms with E-state index in [1.54, 1.807) is 0 Å². The zero-order chi connectivity index (χ0) is 12.3. The van der Waals surface area contributed by atoms with Crippen LogP contribution in [-0.2, 0) is 5.41 Å². The minimum Gasteiger partial charge on any atom is -0.494 e. The molecule has 90 valence electrons. The van der Waals surface area contributed by atoms with Crippen LogP contribution in [0.5, 0.6) is 5.75 Å². The third kappa shape index (κ3) is 2.56. The summed E-state index contributed by atoms with van der Waals surface area (Å²) in [5.74, 6) is 0.983. The van der Waals surface area contributed by atoms with Crippen LogP contribution in [0.4, 0.5) is 0 Å². The minimum atomic E-state index is 0.0274. The van der Waals surface area contributed by atoms with Crippen molar-refractivity contribution in [3.05, 3.63) is 28.8 Å². The molecular weight excluding hydrogens is 198 g/mol. The van der Waals surface area contributed by atoms with Crippen molar-refractivity contribution in [2.45, 2.75) is 40.0 Å². The summed E-state index contributed by atoms with van der Waals surface area (Å²) in [6.45, 7) is 11.9. The molecule has 0 aliphatic heterocycles. The van der Waals surface area contributed by atoms with Crippen molar-refractivity contribution < 1.29 is 4.74 Å². The van der Waals surface area contributed by atoms with E-state index < -0.39 is 0 Å². The predicted molar refractivity (Wildman–Crippen MR) is 69.2 cm³/mol. The minimum absolute atomic E-state index is 0.0274. The first-order chi connectivity index (χ1) is 7.42. The number of benzene rings is 1. The third-order valence-electron chi connectivity index (χ3n) is 3.06. The molecule has 16 heavy (non-hydrogen) atoms. The van der Waals surface area contributed by atoms with Gasteiger partial charge in [0.25, 0.3) is 0 Å². The Labute approximate surface area is 98.8 Å². The van der Waals surface area contributed by atoms with E-state index in [0.717, 1.165) is 5.75 Å². The fourth-order valence-electron chi connectivity index (χ4n) is 1.94. The van der Waals surface area contributed by atoms with Gasteiger partial charge in [0.05, 0.1) is 6.61 Å². The van der Waals surface area contributed by atoms with Crippen LogP contribution in [0, 0.1) is 13.8 Å². The largest absolute Gasteiger partial charge is 0.494 e. The Hall–Kier alpha value is -1.02. The molecule has 2 nitrogen and oxygen atoms in total. The van der Waals surface area contributed by atoms with Gasteiger partial charge in [-0.1, -0.05) is 19.9 Å². The quantitative estimate of drug-likeness (QED) is 0.848. The van der Waals surface area contributed by atoms with Crippen molar-refractivity contribution in [3.8, 4) is 5.75 Å². The van der Waals surface area contributed by atoms with Crippen molar-refractivity contribution in [1.82, 2.24) is 0 Å². The van der Waals surface area contributed by atoms with Crippen LogP contribution >= 0.6 is 0 Å². The van der Waals surface area contributed by atoms with Gasteiger partial charge in [-0.05, 0) is 43.5 Å². The summed E-state index contributed by atoms with van der Waals surface area (Å²) in [7, 11) is 0. The van der Waals surface area contributed by atoms with Crippen molar-refractivity contribution in [2.75, 3.05) is 13.2 Å². The zero-order valence-electron chi connectivity index (χ0n) is 11.1. The normalized spacial score (nSPS) is 11.6. The van der Waals surface area contributed by atoms with E-state index in [-0.39, 0.29) is 5.41 Å². The topological polar surface area (TPSA) is 35.2 Å². The van der Waals surface area contributed by atoms with Crippen molar-refractivity contribution in [3.63, 3.8) is 0 Å². The molecule has 2 N–H and O–H groups in total. The van der Waals surface area contributed by atoms with E-state index >= 15 is 0 Å². The molecule has 0 saturated carbocycles. The van der Waals surface area contributed by atoms with E-state index in [1.165, 1.54) is 16.7 Å². The summed E-state index contributed by atoms with van der Waals surface area (Å²) >= 11 is 0. The molecule has 0 radical (unpaired) electrons. The van der Waals surface area contributed by atoms with Crippen LogP contribution in [0.1, 0.15) is 37.5 Å². The van der Waals surface area contributed by atoms with Gasteiger partial charge < -0.3 is 10.5 Å². The van der Waals surface area contributed by atoms with Crippen molar-refractivity contribution in [2.24, 2.45) is 5.73 Å². The van der Waals surface area contributed by atoms with Gasteiger partial charge in [0.15, 0.2) is 0 Å². The van der Waals surface area contributed by atoms with Crippen LogP contribution < -0.4 is 10.5 Å². The highest BCUT2D eigenvalue weighted by Crippen LogP contribution is 2.30. The lowest BCUT2D eigenvalue weighted by Crippen LogP contribution is -2.29. The van der Waals surface area contributed by atoms with Gasteiger partial charge in [-0.15, -0.1) is 0 Å². The van der Waals surface area contributed by atoms with Gasteiger partial charge in [0.2, 0.25) is 0 Å². The molecule has 1 aromatic rings. The Morgan fingerprint density at radius 3 is 2.31 bits per heavy atom. The molecule has 0 aliphatic carbocycles. The molecule has 1 rings (SSSR count). The highest BCUT2D eigenvalue weighted by molar-refractivity contribution is 5.44. The lowest BCUT2D eigenvalue weighted by atomic mass is 9.81. The first-order valence-electron chi connectivity index (χ1n) is 5.87. The van der Waals surface area contributed by atoms with Crippen LogP contribution in [0.25, 0.3) is 0 Å². The molecule has 0 saturated heterocycles. The van der Waals surface area contributed by atoms with E-state index in [0.29, 0.717) is 13.2 Å². The molecule has 0 unspecified atom stereocenters. The molecule has 0 bridgehead atoms. The van der Waals surface area contributed by atoms with Gasteiger partial charge in [0.1, 0.15) is 5.75 Å². The Morgan fingerprint density at radius 1 is 1.19 bits per heavy atom. The van der Waals surface area contributed by atoms with Gasteiger partial charge >= 0.3 is 0 Å². The number of aryl methyl sites for hydroxylation is 2. The summed E-state index contributed by atoms with van der Waals surface area (Å²) in [6.07, 6.45) is 0. The number of ether oxygens (including phenoxy) is 1. The Morgan fingerprint density at radius 2 is 1.81 bits per heavy atom. The first kappa shape index (κ1) is 13.0. The Kier molecular flexibility index (Phi) is 3.98. The summed E-state index contributed by atoms with van der Waals surface area (Å²) in [5, 5.41) is 0. The lowest BCUT2D eigenvalue weighted by Gasteiger charge is -2.26. The monoisotopic (exact) mass is 221 g/mol. The fraction of sp³-hybridized carbons (Fsp3) is 0.571. The first-order valence-corrected chi connectivity index (χ1v) is 5.87. The maximum absolute atomic E-state index is 5.82. The van der Waals surface area contributed by atoms with Gasteiger partial charge in [-0.2, -0.15) is 0 Å². The Bertz CT molecular complexity index is 369. The number of rotatable bonds is 4. The number of hydrogen-bond donors (Lipinski definition) is 1. The lowest BCUT2D eigenvalue weighted by molar-refractivity contribution is 0.337. The molecule has 0 amide bonds. The Balaban J connectivity index is 3.20. The SMILES string of the molecule is CCOc1cc(C)c(C(C)(C)CN)cc1C. The number of hydrogen-bond acceptors (Lipinski definition) is 2. The van der Waals surface area contributed by atoms with E-state index in [2.05, 4.69) is 39.8 Å². The average Bonchev–Trinajstić information content (AvgIpc) is 2.23. The maximum atomic E-state index is 5.82. The summed E-state index contributed by atoms with van der Waals surface area (Å²) < 4.78 is 5.59. The molecule has 0 aliphatic rings. The second kappa shape index (κ2) is 4.88. The van der Waals surface area contributed by atoms with Crippen molar-refractivity contribution in [1.29, 1.82) is 0 Å². The van der Waals surface area contributed by atoms with E-state index in [9.17, 15) is 0 Å². The fourth-order valence-corrected chi connectivity index (χ4v) is 1.94. The van der Waals surface area contributed by atoms with Gasteiger partial charge in [-0.25, -0.2) is 0 Å². The highest BCUT2D eigenvalue weighted by Gasteiger charge is 2.21. The van der Waals surface area contributed by atoms with Crippen LogP contribution in [-0.4, -0.2) is 13.2 Å². The molecular formula is C14H23NO. The molecule has 0 fully saturated rings. The van der Waals surface area contributed by atoms with Gasteiger partial charge in [0, 0.05) is 12.0 Å². The maximum Gasteiger partial charge on any atom is 0.122 e. The molecule has 2 heteroatoms. The highest BCUT2D eigenvalue weighted by atomic mass is 16.5.